The summed E-state index contributed by atoms with van der Waals surface area (Å²) in [6.45, 7) is 1.47. The normalized spacial score (nSPS) is 16.7. The maximum absolute atomic E-state index is 12.8. The second-order valence-corrected chi connectivity index (χ2v) is 6.87. The van der Waals surface area contributed by atoms with Crippen LogP contribution in [0, 0.1) is 5.92 Å². The quantitative estimate of drug-likeness (QED) is 0.640. The summed E-state index contributed by atoms with van der Waals surface area (Å²) in [5, 5.41) is 0.705. The van der Waals surface area contributed by atoms with Gasteiger partial charge in [-0.3, -0.25) is 4.79 Å². The average Bonchev–Trinajstić information content (AvgIpc) is 3.18. The number of nitrogens with zero attached hydrogens (tertiary/aromatic N) is 3. The van der Waals surface area contributed by atoms with Crippen LogP contribution in [0.5, 0.6) is 0 Å². The SMILES string of the molecule is O=C(c1ccc(-c2cccc(Cl)c2)cc1)C1CCN(c2ncccn2)C1. The first-order valence-electron chi connectivity index (χ1n) is 8.63. The number of rotatable bonds is 4. The molecule has 4 rings (SSSR count). The molecule has 0 saturated carbocycles. The van der Waals surface area contributed by atoms with Crippen LogP contribution in [0.25, 0.3) is 11.1 Å². The number of halogens is 1. The molecule has 2 heterocycles. The molecule has 1 fully saturated rings. The molecule has 0 N–H and O–H groups in total. The summed E-state index contributed by atoms with van der Waals surface area (Å²) >= 11 is 6.06. The van der Waals surface area contributed by atoms with Crippen molar-refractivity contribution in [2.45, 2.75) is 6.42 Å². The highest BCUT2D eigenvalue weighted by Gasteiger charge is 2.30. The molecule has 1 aliphatic rings. The minimum Gasteiger partial charge on any atom is -0.340 e. The van der Waals surface area contributed by atoms with Gasteiger partial charge in [-0.2, -0.15) is 0 Å². The molecule has 0 aliphatic carbocycles. The summed E-state index contributed by atoms with van der Waals surface area (Å²) in [4.78, 5) is 23.5. The molecule has 1 atom stereocenters. The third-order valence-corrected chi connectivity index (χ3v) is 4.96. The molecular formula is C21H18ClN3O. The molecule has 130 valence electrons. The Balaban J connectivity index is 1.47. The van der Waals surface area contributed by atoms with E-state index < -0.39 is 0 Å². The molecule has 0 radical (unpaired) electrons. The standard InChI is InChI=1S/C21H18ClN3O/c22-19-4-1-3-17(13-19)15-5-7-16(8-6-15)20(26)18-9-12-25(14-18)21-23-10-2-11-24-21/h1-8,10-11,13,18H,9,12,14H2. The number of carbonyl (C=O) groups is 1. The highest BCUT2D eigenvalue weighted by Crippen LogP contribution is 2.26. The molecule has 0 amide bonds. The number of ketones is 1. The van der Waals surface area contributed by atoms with Crippen LogP contribution in [0.1, 0.15) is 16.8 Å². The topological polar surface area (TPSA) is 46.1 Å². The van der Waals surface area contributed by atoms with Gasteiger partial charge in [-0.15, -0.1) is 0 Å². The summed E-state index contributed by atoms with van der Waals surface area (Å²) in [7, 11) is 0. The van der Waals surface area contributed by atoms with Gasteiger partial charge in [0.1, 0.15) is 0 Å². The third-order valence-electron chi connectivity index (χ3n) is 4.72. The molecule has 1 aliphatic heterocycles. The van der Waals surface area contributed by atoms with Gasteiger partial charge in [-0.25, -0.2) is 9.97 Å². The predicted molar refractivity (Wildman–Crippen MR) is 104 cm³/mol. The summed E-state index contributed by atoms with van der Waals surface area (Å²) in [6.07, 6.45) is 4.28. The Morgan fingerprint density at radius 2 is 1.77 bits per heavy atom. The van der Waals surface area contributed by atoms with Crippen molar-refractivity contribution in [3.8, 4) is 11.1 Å². The summed E-state index contributed by atoms with van der Waals surface area (Å²) in [6, 6.07) is 17.3. The first-order chi connectivity index (χ1) is 12.7. The van der Waals surface area contributed by atoms with Crippen molar-refractivity contribution < 1.29 is 4.79 Å². The van der Waals surface area contributed by atoms with E-state index >= 15 is 0 Å². The zero-order valence-corrected chi connectivity index (χ0v) is 14.9. The Morgan fingerprint density at radius 1 is 1.00 bits per heavy atom. The number of benzene rings is 2. The Morgan fingerprint density at radius 3 is 2.50 bits per heavy atom. The summed E-state index contributed by atoms with van der Waals surface area (Å²) in [5.41, 5.74) is 2.84. The Labute approximate surface area is 157 Å². The molecule has 1 unspecified atom stereocenters. The first-order valence-corrected chi connectivity index (χ1v) is 9.01. The van der Waals surface area contributed by atoms with Crippen molar-refractivity contribution in [2.24, 2.45) is 5.92 Å². The largest absolute Gasteiger partial charge is 0.340 e. The van der Waals surface area contributed by atoms with Gasteiger partial charge >= 0.3 is 0 Å². The lowest BCUT2D eigenvalue weighted by atomic mass is 9.95. The number of hydrogen-bond acceptors (Lipinski definition) is 4. The van der Waals surface area contributed by atoms with Crippen LogP contribution >= 0.6 is 11.6 Å². The molecule has 4 nitrogen and oxygen atoms in total. The summed E-state index contributed by atoms with van der Waals surface area (Å²) in [5.74, 6) is 0.857. The van der Waals surface area contributed by atoms with Gasteiger partial charge in [0.15, 0.2) is 5.78 Å². The molecule has 1 aromatic heterocycles. The molecule has 3 aromatic rings. The molecule has 26 heavy (non-hydrogen) atoms. The molecular weight excluding hydrogens is 346 g/mol. The van der Waals surface area contributed by atoms with E-state index in [1.807, 2.05) is 48.5 Å². The number of carbonyl (C=O) groups excluding carboxylic acids is 1. The van der Waals surface area contributed by atoms with E-state index in [1.54, 1.807) is 18.5 Å². The minimum absolute atomic E-state index is 0.0178. The van der Waals surface area contributed by atoms with Gasteiger partial charge in [-0.05, 0) is 35.7 Å². The van der Waals surface area contributed by atoms with Crippen LogP contribution in [0.3, 0.4) is 0 Å². The zero-order valence-electron chi connectivity index (χ0n) is 14.2. The number of aromatic nitrogens is 2. The average molecular weight is 364 g/mol. The Kier molecular flexibility index (Phi) is 4.67. The zero-order chi connectivity index (χ0) is 17.9. The van der Waals surface area contributed by atoms with Crippen LogP contribution in [-0.4, -0.2) is 28.8 Å². The van der Waals surface area contributed by atoms with Crippen molar-refractivity contribution in [2.75, 3.05) is 18.0 Å². The van der Waals surface area contributed by atoms with Gasteiger partial charge in [0.05, 0.1) is 0 Å². The third kappa shape index (κ3) is 3.46. The van der Waals surface area contributed by atoms with Crippen molar-refractivity contribution >= 4 is 23.3 Å². The number of hydrogen-bond donors (Lipinski definition) is 0. The monoisotopic (exact) mass is 363 g/mol. The fourth-order valence-corrected chi connectivity index (χ4v) is 3.53. The summed E-state index contributed by atoms with van der Waals surface area (Å²) < 4.78 is 0. The highest BCUT2D eigenvalue weighted by molar-refractivity contribution is 6.30. The lowest BCUT2D eigenvalue weighted by molar-refractivity contribution is 0.0931. The highest BCUT2D eigenvalue weighted by atomic mass is 35.5. The van der Waals surface area contributed by atoms with Crippen LogP contribution in [0.2, 0.25) is 5.02 Å². The Hall–Kier alpha value is -2.72. The van der Waals surface area contributed by atoms with Crippen molar-refractivity contribution in [3.63, 3.8) is 0 Å². The van der Waals surface area contributed by atoms with E-state index in [-0.39, 0.29) is 11.7 Å². The predicted octanol–water partition coefficient (Wildman–Crippen LogP) is 4.51. The van der Waals surface area contributed by atoms with Crippen molar-refractivity contribution in [1.82, 2.24) is 9.97 Å². The first kappa shape index (κ1) is 16.7. The van der Waals surface area contributed by atoms with Crippen molar-refractivity contribution in [1.29, 1.82) is 0 Å². The lowest BCUT2D eigenvalue weighted by Gasteiger charge is -2.15. The molecule has 2 aromatic carbocycles. The van der Waals surface area contributed by atoms with Gasteiger partial charge in [0.2, 0.25) is 5.95 Å². The molecule has 0 bridgehead atoms. The minimum atomic E-state index is -0.0178. The van der Waals surface area contributed by atoms with Crippen LogP contribution in [-0.2, 0) is 0 Å². The van der Waals surface area contributed by atoms with Crippen LogP contribution in [0.4, 0.5) is 5.95 Å². The van der Waals surface area contributed by atoms with Crippen LogP contribution in [0.15, 0.2) is 67.0 Å². The fraction of sp³-hybridized carbons (Fsp3) is 0.190. The van der Waals surface area contributed by atoms with Crippen molar-refractivity contribution in [3.05, 3.63) is 77.6 Å². The molecule has 0 spiro atoms. The Bertz CT molecular complexity index is 912. The van der Waals surface area contributed by atoms with E-state index in [9.17, 15) is 4.79 Å². The smallest absolute Gasteiger partial charge is 0.225 e. The lowest BCUT2D eigenvalue weighted by Crippen LogP contribution is -2.24. The van der Waals surface area contributed by atoms with Gasteiger partial charge in [-0.1, -0.05) is 48.0 Å². The van der Waals surface area contributed by atoms with E-state index in [4.69, 9.17) is 11.6 Å². The maximum Gasteiger partial charge on any atom is 0.225 e. The van der Waals surface area contributed by atoms with Crippen LogP contribution < -0.4 is 4.90 Å². The maximum atomic E-state index is 12.8. The number of anilines is 1. The van der Waals surface area contributed by atoms with E-state index in [2.05, 4.69) is 14.9 Å². The van der Waals surface area contributed by atoms with E-state index in [0.717, 1.165) is 29.7 Å². The molecule has 5 heteroatoms. The molecule has 1 saturated heterocycles. The number of Topliss-reactive ketones (excluding diaryl/α,β-unsaturated/α-hetero) is 1. The van der Waals surface area contributed by atoms with Gasteiger partial charge < -0.3 is 4.90 Å². The fourth-order valence-electron chi connectivity index (χ4n) is 3.34. The second-order valence-electron chi connectivity index (χ2n) is 6.43. The second kappa shape index (κ2) is 7.26. The van der Waals surface area contributed by atoms with Gasteiger partial charge in [0.25, 0.3) is 0 Å². The van der Waals surface area contributed by atoms with Gasteiger partial charge in [0, 0.05) is 42.0 Å². The van der Waals surface area contributed by atoms with E-state index in [1.165, 1.54) is 0 Å². The van der Waals surface area contributed by atoms with E-state index in [0.29, 0.717) is 17.5 Å².